The predicted octanol–water partition coefficient (Wildman–Crippen LogP) is 4.52. The fourth-order valence-electron chi connectivity index (χ4n) is 2.41. The molecular formula is C21H23N3O2. The zero-order valence-corrected chi connectivity index (χ0v) is 15.3. The number of ether oxygens (including phenoxy) is 2. The summed E-state index contributed by atoms with van der Waals surface area (Å²) in [4.78, 5) is 0. The Balaban J connectivity index is 2.28. The second-order valence-electron chi connectivity index (χ2n) is 5.71. The molecule has 0 amide bonds. The van der Waals surface area contributed by atoms with Crippen LogP contribution in [0.5, 0.6) is 11.5 Å². The van der Waals surface area contributed by atoms with Crippen LogP contribution in [0.4, 0.5) is 11.4 Å². The Morgan fingerprint density at radius 1 is 1.27 bits per heavy atom. The highest BCUT2D eigenvalue weighted by molar-refractivity contribution is 5.74. The molecule has 3 N–H and O–H groups in total. The largest absolute Gasteiger partial charge is 0.493 e. The van der Waals surface area contributed by atoms with Crippen molar-refractivity contribution in [3.63, 3.8) is 0 Å². The lowest BCUT2D eigenvalue weighted by Gasteiger charge is -2.13. The van der Waals surface area contributed by atoms with Crippen molar-refractivity contribution in [1.82, 2.24) is 0 Å². The highest BCUT2D eigenvalue weighted by atomic mass is 16.5. The fraction of sp³-hybridized carbons (Fsp3) is 0.190. The van der Waals surface area contributed by atoms with Crippen LogP contribution in [-0.4, -0.2) is 13.7 Å². The molecule has 26 heavy (non-hydrogen) atoms. The van der Waals surface area contributed by atoms with E-state index in [4.69, 9.17) is 15.2 Å². The van der Waals surface area contributed by atoms with Gasteiger partial charge in [0.25, 0.3) is 0 Å². The zero-order valence-electron chi connectivity index (χ0n) is 15.3. The van der Waals surface area contributed by atoms with Crippen molar-refractivity contribution in [1.29, 1.82) is 5.26 Å². The molecule has 5 heteroatoms. The van der Waals surface area contributed by atoms with E-state index in [1.54, 1.807) is 13.2 Å². The molecule has 0 aliphatic heterocycles. The molecule has 0 radical (unpaired) electrons. The molecule has 0 atom stereocenters. The Kier molecular flexibility index (Phi) is 6.29. The van der Waals surface area contributed by atoms with E-state index in [0.717, 1.165) is 16.8 Å². The lowest BCUT2D eigenvalue weighted by molar-refractivity contribution is 0.311. The minimum atomic E-state index is 0.400. The first kappa shape index (κ1) is 18.9. The van der Waals surface area contributed by atoms with E-state index in [0.29, 0.717) is 35.1 Å². The topological polar surface area (TPSA) is 80.3 Å². The average Bonchev–Trinajstić information content (AvgIpc) is 2.63. The van der Waals surface area contributed by atoms with Crippen LogP contribution < -0.4 is 20.5 Å². The number of nitrogen functional groups attached to an aromatic ring is 1. The van der Waals surface area contributed by atoms with E-state index < -0.39 is 0 Å². The van der Waals surface area contributed by atoms with Gasteiger partial charge in [0.2, 0.25) is 0 Å². The molecule has 0 saturated carbocycles. The molecule has 2 aromatic carbocycles. The number of nitrogens with two attached hydrogens (primary N) is 1. The van der Waals surface area contributed by atoms with Gasteiger partial charge in [-0.1, -0.05) is 18.7 Å². The zero-order chi connectivity index (χ0) is 19.1. The molecule has 0 unspecified atom stereocenters. The minimum absolute atomic E-state index is 0.400. The molecule has 0 aromatic heterocycles. The second kappa shape index (κ2) is 8.63. The first-order chi connectivity index (χ1) is 12.5. The Morgan fingerprint density at radius 3 is 2.69 bits per heavy atom. The van der Waals surface area contributed by atoms with Crippen molar-refractivity contribution in [2.24, 2.45) is 0 Å². The van der Waals surface area contributed by atoms with E-state index in [1.807, 2.05) is 50.2 Å². The standard InChI is InChI=1S/C21H23N3O2/c1-5-26-20-9-7-16(12-21(20)25-4)11-17(13-22)15(3)24-19-10-14(2)6-8-18(19)23/h6-12,24H,3,5,23H2,1-2,4H3. The van der Waals surface area contributed by atoms with Gasteiger partial charge in [0.05, 0.1) is 30.7 Å². The molecule has 0 aliphatic rings. The van der Waals surface area contributed by atoms with Crippen LogP contribution in [0, 0.1) is 18.3 Å². The van der Waals surface area contributed by atoms with Crippen molar-refractivity contribution in [2.45, 2.75) is 13.8 Å². The molecule has 0 spiro atoms. The summed E-state index contributed by atoms with van der Waals surface area (Å²) in [5.41, 5.74) is 10.0. The second-order valence-corrected chi connectivity index (χ2v) is 5.71. The van der Waals surface area contributed by atoms with Gasteiger partial charge in [-0.15, -0.1) is 0 Å². The van der Waals surface area contributed by atoms with Gasteiger partial charge in [0, 0.05) is 5.70 Å². The van der Waals surface area contributed by atoms with Crippen LogP contribution in [-0.2, 0) is 0 Å². The van der Waals surface area contributed by atoms with Crippen molar-refractivity contribution in [3.8, 4) is 17.6 Å². The van der Waals surface area contributed by atoms with Crippen molar-refractivity contribution in [2.75, 3.05) is 24.8 Å². The summed E-state index contributed by atoms with van der Waals surface area (Å²) in [7, 11) is 1.58. The van der Waals surface area contributed by atoms with E-state index >= 15 is 0 Å². The van der Waals surface area contributed by atoms with Crippen LogP contribution in [0.25, 0.3) is 6.08 Å². The third-order valence-electron chi connectivity index (χ3n) is 3.74. The maximum atomic E-state index is 9.52. The van der Waals surface area contributed by atoms with Gasteiger partial charge in [-0.2, -0.15) is 5.26 Å². The lowest BCUT2D eigenvalue weighted by Crippen LogP contribution is -2.03. The number of methoxy groups -OCH3 is 1. The first-order valence-electron chi connectivity index (χ1n) is 8.23. The van der Waals surface area contributed by atoms with Crippen molar-refractivity contribution < 1.29 is 9.47 Å². The normalized spacial score (nSPS) is 10.8. The number of hydrogen-bond donors (Lipinski definition) is 2. The smallest absolute Gasteiger partial charge is 0.161 e. The minimum Gasteiger partial charge on any atom is -0.493 e. The summed E-state index contributed by atoms with van der Waals surface area (Å²) >= 11 is 0. The van der Waals surface area contributed by atoms with Gasteiger partial charge >= 0.3 is 0 Å². The summed E-state index contributed by atoms with van der Waals surface area (Å²) in [6, 6.07) is 13.3. The van der Waals surface area contributed by atoms with E-state index in [9.17, 15) is 5.26 Å². The van der Waals surface area contributed by atoms with Crippen LogP contribution in [0.1, 0.15) is 18.1 Å². The van der Waals surface area contributed by atoms with Crippen molar-refractivity contribution in [3.05, 3.63) is 65.4 Å². The molecule has 0 heterocycles. The number of benzene rings is 2. The molecule has 0 fully saturated rings. The predicted molar refractivity (Wildman–Crippen MR) is 106 cm³/mol. The third-order valence-corrected chi connectivity index (χ3v) is 3.74. The summed E-state index contributed by atoms with van der Waals surface area (Å²) in [5, 5.41) is 12.6. The number of anilines is 2. The van der Waals surface area contributed by atoms with Crippen LogP contribution in [0.2, 0.25) is 0 Å². The summed E-state index contributed by atoms with van der Waals surface area (Å²) in [5.74, 6) is 1.27. The number of allylic oxidation sites excluding steroid dienone is 1. The SMILES string of the molecule is C=C(Nc1cc(C)ccc1N)C(C#N)=Cc1ccc(OCC)c(OC)c1. The number of nitriles is 1. The molecule has 0 bridgehead atoms. The van der Waals surface area contributed by atoms with Gasteiger partial charge in [-0.25, -0.2) is 0 Å². The number of rotatable bonds is 7. The van der Waals surface area contributed by atoms with Gasteiger partial charge < -0.3 is 20.5 Å². The Labute approximate surface area is 154 Å². The highest BCUT2D eigenvalue weighted by Gasteiger charge is 2.08. The lowest BCUT2D eigenvalue weighted by atomic mass is 10.1. The monoisotopic (exact) mass is 349 g/mol. The van der Waals surface area contributed by atoms with Gasteiger partial charge in [0.15, 0.2) is 11.5 Å². The van der Waals surface area contributed by atoms with Gasteiger partial charge in [-0.3, -0.25) is 0 Å². The molecule has 2 aromatic rings. The molecular weight excluding hydrogens is 326 g/mol. The van der Waals surface area contributed by atoms with E-state index in [1.165, 1.54) is 0 Å². The third kappa shape index (κ3) is 4.58. The molecule has 134 valence electrons. The first-order valence-corrected chi connectivity index (χ1v) is 8.23. The summed E-state index contributed by atoms with van der Waals surface area (Å²) in [6.07, 6.45) is 1.74. The van der Waals surface area contributed by atoms with E-state index in [-0.39, 0.29) is 0 Å². The molecule has 0 saturated heterocycles. The molecule has 2 rings (SSSR count). The molecule has 5 nitrogen and oxygen atoms in total. The summed E-state index contributed by atoms with van der Waals surface area (Å²) in [6.45, 7) is 8.40. The quantitative estimate of drug-likeness (QED) is 0.436. The van der Waals surface area contributed by atoms with E-state index in [2.05, 4.69) is 18.0 Å². The number of hydrogen-bond acceptors (Lipinski definition) is 5. The molecule has 0 aliphatic carbocycles. The Morgan fingerprint density at radius 2 is 2.04 bits per heavy atom. The number of nitrogens with zero attached hydrogens (tertiary/aromatic N) is 1. The fourth-order valence-corrected chi connectivity index (χ4v) is 2.41. The average molecular weight is 349 g/mol. The van der Waals surface area contributed by atoms with Crippen LogP contribution >= 0.6 is 0 Å². The van der Waals surface area contributed by atoms with Crippen LogP contribution in [0.3, 0.4) is 0 Å². The maximum absolute atomic E-state index is 9.52. The Hall–Kier alpha value is -3.39. The number of nitrogens with one attached hydrogen (secondary N) is 1. The number of aryl methyl sites for hydroxylation is 1. The van der Waals surface area contributed by atoms with Gasteiger partial charge in [-0.05, 0) is 55.3 Å². The Bertz CT molecular complexity index is 879. The van der Waals surface area contributed by atoms with Crippen molar-refractivity contribution >= 4 is 17.5 Å². The summed E-state index contributed by atoms with van der Waals surface area (Å²) < 4.78 is 10.9. The van der Waals surface area contributed by atoms with Gasteiger partial charge in [0.1, 0.15) is 6.07 Å². The maximum Gasteiger partial charge on any atom is 0.161 e. The van der Waals surface area contributed by atoms with Crippen LogP contribution in [0.15, 0.2) is 54.2 Å². The highest BCUT2D eigenvalue weighted by Crippen LogP contribution is 2.30.